The second kappa shape index (κ2) is 4.10. The molecule has 1 fully saturated rings. The topological polar surface area (TPSA) is 20.3 Å². The van der Waals surface area contributed by atoms with Crippen molar-refractivity contribution in [1.82, 2.24) is 0 Å². The second-order valence-electron chi connectivity index (χ2n) is 4.86. The molecule has 86 valence electrons. The molecule has 0 saturated carbocycles. The first kappa shape index (κ1) is 11.5. The van der Waals surface area contributed by atoms with Crippen molar-refractivity contribution in [1.29, 1.82) is 0 Å². The minimum atomic E-state index is 0.114. The van der Waals surface area contributed by atoms with Gasteiger partial charge in [-0.1, -0.05) is 17.7 Å². The van der Waals surface area contributed by atoms with E-state index in [2.05, 4.69) is 18.7 Å². The highest BCUT2D eigenvalue weighted by atomic mass is 35.5. The van der Waals surface area contributed by atoms with E-state index in [1.54, 1.807) is 6.07 Å². The zero-order chi connectivity index (χ0) is 11.8. The van der Waals surface area contributed by atoms with Gasteiger partial charge in [-0.3, -0.25) is 4.79 Å². The number of halogens is 1. The van der Waals surface area contributed by atoms with Gasteiger partial charge in [0, 0.05) is 17.8 Å². The first-order chi connectivity index (χ1) is 7.56. The van der Waals surface area contributed by atoms with Gasteiger partial charge in [-0.15, -0.1) is 0 Å². The molecule has 0 aliphatic carbocycles. The molecular formula is C13H16ClNO. The minimum Gasteiger partial charge on any atom is -0.366 e. The number of hydrogen-bond donors (Lipinski definition) is 0. The Bertz CT molecular complexity index is 414. The average Bonchev–Trinajstić information content (AvgIpc) is 2.57. The zero-order valence-electron chi connectivity index (χ0n) is 9.66. The molecule has 0 bridgehead atoms. The lowest BCUT2D eigenvalue weighted by Gasteiger charge is -2.34. The molecule has 2 rings (SSSR count). The van der Waals surface area contributed by atoms with Crippen LogP contribution < -0.4 is 4.90 Å². The lowest BCUT2D eigenvalue weighted by Crippen LogP contribution is -2.38. The number of benzene rings is 1. The highest BCUT2D eigenvalue weighted by Gasteiger charge is 2.33. The summed E-state index contributed by atoms with van der Waals surface area (Å²) < 4.78 is 0. The monoisotopic (exact) mass is 237 g/mol. The Morgan fingerprint density at radius 3 is 2.75 bits per heavy atom. The predicted molar refractivity (Wildman–Crippen MR) is 67.5 cm³/mol. The van der Waals surface area contributed by atoms with E-state index in [0.717, 1.165) is 31.4 Å². The van der Waals surface area contributed by atoms with Gasteiger partial charge in [-0.2, -0.15) is 0 Å². The number of hydrogen-bond acceptors (Lipinski definition) is 2. The third kappa shape index (κ3) is 1.82. The van der Waals surface area contributed by atoms with Gasteiger partial charge in [0.15, 0.2) is 6.29 Å². The molecule has 1 saturated heterocycles. The highest BCUT2D eigenvalue weighted by molar-refractivity contribution is 6.33. The molecule has 0 amide bonds. The molecule has 1 heterocycles. The molecule has 1 aliphatic rings. The van der Waals surface area contributed by atoms with E-state index in [9.17, 15) is 4.79 Å². The molecule has 0 spiro atoms. The summed E-state index contributed by atoms with van der Waals surface area (Å²) in [6.45, 7) is 5.40. The van der Waals surface area contributed by atoms with Crippen LogP contribution in [0.3, 0.4) is 0 Å². The van der Waals surface area contributed by atoms with Crippen molar-refractivity contribution in [3.05, 3.63) is 28.8 Å². The number of aldehydes is 1. The number of nitrogens with zero attached hydrogens (tertiary/aromatic N) is 1. The van der Waals surface area contributed by atoms with E-state index < -0.39 is 0 Å². The Balaban J connectivity index is 2.48. The van der Waals surface area contributed by atoms with Crippen LogP contribution >= 0.6 is 11.6 Å². The number of rotatable bonds is 2. The summed E-state index contributed by atoms with van der Waals surface area (Å²) in [6, 6.07) is 5.64. The summed E-state index contributed by atoms with van der Waals surface area (Å²) in [7, 11) is 0. The van der Waals surface area contributed by atoms with Crippen molar-refractivity contribution in [2.45, 2.75) is 32.2 Å². The highest BCUT2D eigenvalue weighted by Crippen LogP contribution is 2.36. The fourth-order valence-corrected chi connectivity index (χ4v) is 2.65. The van der Waals surface area contributed by atoms with Crippen molar-refractivity contribution in [3.8, 4) is 0 Å². The van der Waals surface area contributed by atoms with Crippen molar-refractivity contribution in [2.24, 2.45) is 0 Å². The fraction of sp³-hybridized carbons (Fsp3) is 0.462. The van der Waals surface area contributed by atoms with Gasteiger partial charge in [0.2, 0.25) is 0 Å². The summed E-state index contributed by atoms with van der Waals surface area (Å²) in [5, 5.41) is 0.537. The second-order valence-corrected chi connectivity index (χ2v) is 5.27. The maximum atomic E-state index is 11.1. The van der Waals surface area contributed by atoms with E-state index in [1.807, 2.05) is 12.1 Å². The zero-order valence-corrected chi connectivity index (χ0v) is 10.4. The van der Waals surface area contributed by atoms with Crippen molar-refractivity contribution in [2.75, 3.05) is 11.4 Å². The standard InChI is InChI=1S/C13H16ClNO/c1-13(2)7-4-8-15(13)12-6-3-5-11(14)10(12)9-16/h3,5-6,9H,4,7-8H2,1-2H3. The van der Waals surface area contributed by atoms with Crippen LogP contribution in [-0.2, 0) is 0 Å². The minimum absolute atomic E-state index is 0.114. The van der Waals surface area contributed by atoms with E-state index in [0.29, 0.717) is 10.6 Å². The normalized spacial score (nSPS) is 18.8. The van der Waals surface area contributed by atoms with Crippen molar-refractivity contribution < 1.29 is 4.79 Å². The molecule has 1 aromatic rings. The molecule has 1 aliphatic heterocycles. The Labute approximate surface area is 101 Å². The molecule has 16 heavy (non-hydrogen) atoms. The number of anilines is 1. The summed E-state index contributed by atoms with van der Waals surface area (Å²) in [5.74, 6) is 0. The van der Waals surface area contributed by atoms with E-state index in [1.165, 1.54) is 0 Å². The maximum Gasteiger partial charge on any atom is 0.153 e. The van der Waals surface area contributed by atoms with Crippen LogP contribution in [0.1, 0.15) is 37.0 Å². The Morgan fingerprint density at radius 1 is 1.44 bits per heavy atom. The summed E-state index contributed by atoms with van der Waals surface area (Å²) in [5.41, 5.74) is 1.69. The number of carbonyl (C=O) groups is 1. The largest absolute Gasteiger partial charge is 0.366 e. The van der Waals surface area contributed by atoms with Gasteiger partial charge < -0.3 is 4.90 Å². The van der Waals surface area contributed by atoms with Gasteiger partial charge in [0.1, 0.15) is 0 Å². The molecule has 0 radical (unpaired) electrons. The van der Waals surface area contributed by atoms with Crippen molar-refractivity contribution >= 4 is 23.6 Å². The predicted octanol–water partition coefficient (Wildman–Crippen LogP) is 3.53. The van der Waals surface area contributed by atoms with Gasteiger partial charge in [-0.25, -0.2) is 0 Å². The van der Waals surface area contributed by atoms with E-state index >= 15 is 0 Å². The molecule has 0 unspecified atom stereocenters. The Morgan fingerprint density at radius 2 is 2.19 bits per heavy atom. The van der Waals surface area contributed by atoms with Crippen LogP contribution in [-0.4, -0.2) is 18.4 Å². The van der Waals surface area contributed by atoms with Crippen molar-refractivity contribution in [3.63, 3.8) is 0 Å². The van der Waals surface area contributed by atoms with Crippen LogP contribution in [0.25, 0.3) is 0 Å². The van der Waals surface area contributed by atoms with Crippen LogP contribution in [0.4, 0.5) is 5.69 Å². The smallest absolute Gasteiger partial charge is 0.153 e. The third-order valence-electron chi connectivity index (χ3n) is 3.34. The third-order valence-corrected chi connectivity index (χ3v) is 3.67. The number of carbonyl (C=O) groups excluding carboxylic acids is 1. The summed E-state index contributed by atoms with van der Waals surface area (Å²) in [6.07, 6.45) is 3.17. The van der Waals surface area contributed by atoms with Crippen LogP contribution in [0, 0.1) is 0 Å². The van der Waals surface area contributed by atoms with Crippen LogP contribution in [0.2, 0.25) is 5.02 Å². The van der Waals surface area contributed by atoms with Crippen LogP contribution in [0.5, 0.6) is 0 Å². The summed E-state index contributed by atoms with van der Waals surface area (Å²) >= 11 is 6.04. The molecule has 0 N–H and O–H groups in total. The molecule has 0 atom stereocenters. The molecular weight excluding hydrogens is 222 g/mol. The van der Waals surface area contributed by atoms with Gasteiger partial charge in [0.05, 0.1) is 10.6 Å². The van der Waals surface area contributed by atoms with E-state index in [-0.39, 0.29) is 5.54 Å². The first-order valence-corrected chi connectivity index (χ1v) is 5.95. The molecule has 2 nitrogen and oxygen atoms in total. The van der Waals surface area contributed by atoms with Gasteiger partial charge in [0.25, 0.3) is 0 Å². The lowest BCUT2D eigenvalue weighted by atomic mass is 10.0. The average molecular weight is 238 g/mol. The Hall–Kier alpha value is -1.02. The lowest BCUT2D eigenvalue weighted by molar-refractivity contribution is 0.112. The fourth-order valence-electron chi connectivity index (χ4n) is 2.43. The SMILES string of the molecule is CC1(C)CCCN1c1cccc(Cl)c1C=O. The van der Waals surface area contributed by atoms with Gasteiger partial charge in [-0.05, 0) is 38.8 Å². The van der Waals surface area contributed by atoms with Gasteiger partial charge >= 0.3 is 0 Å². The molecule has 1 aromatic carbocycles. The molecule has 3 heteroatoms. The Kier molecular flexibility index (Phi) is 2.94. The van der Waals surface area contributed by atoms with E-state index in [4.69, 9.17) is 11.6 Å². The first-order valence-electron chi connectivity index (χ1n) is 5.57. The quantitative estimate of drug-likeness (QED) is 0.734. The molecule has 0 aromatic heterocycles. The summed E-state index contributed by atoms with van der Waals surface area (Å²) in [4.78, 5) is 13.4. The maximum absolute atomic E-state index is 11.1. The van der Waals surface area contributed by atoms with Crippen LogP contribution in [0.15, 0.2) is 18.2 Å².